The van der Waals surface area contributed by atoms with Crippen molar-refractivity contribution in [2.24, 2.45) is 0 Å². The Morgan fingerprint density at radius 1 is 0.690 bits per heavy atom. The van der Waals surface area contributed by atoms with Crippen LogP contribution < -0.4 is 4.90 Å². The van der Waals surface area contributed by atoms with Crippen LogP contribution in [0.25, 0.3) is 22.6 Å². The molecule has 0 N–H and O–H groups in total. The number of benzene rings is 3. The first-order chi connectivity index (χ1) is 20.8. The van der Waals surface area contributed by atoms with E-state index >= 15 is 0 Å². The summed E-state index contributed by atoms with van der Waals surface area (Å²) in [6.45, 7) is 7.88. The first kappa shape index (κ1) is 27.9. The van der Waals surface area contributed by atoms with E-state index in [1.165, 1.54) is 29.7 Å². The molecule has 1 fully saturated rings. The van der Waals surface area contributed by atoms with Crippen molar-refractivity contribution >= 4 is 5.82 Å². The van der Waals surface area contributed by atoms with E-state index in [-0.39, 0.29) is 0 Å². The predicted molar refractivity (Wildman–Crippen MR) is 173 cm³/mol. The van der Waals surface area contributed by atoms with Gasteiger partial charge in [-0.3, -0.25) is 4.90 Å². The average molecular weight is 556 g/mol. The summed E-state index contributed by atoms with van der Waals surface area (Å²) in [7, 11) is 0. The van der Waals surface area contributed by atoms with Gasteiger partial charge in [0.25, 0.3) is 0 Å². The van der Waals surface area contributed by atoms with E-state index in [4.69, 9.17) is 9.97 Å². The Hall–Kier alpha value is -4.22. The molecule has 0 radical (unpaired) electrons. The maximum atomic E-state index is 5.34. The van der Waals surface area contributed by atoms with E-state index < -0.39 is 0 Å². The average Bonchev–Trinajstić information content (AvgIpc) is 3.71. The van der Waals surface area contributed by atoms with E-state index in [0.29, 0.717) is 0 Å². The minimum Gasteiger partial charge on any atom is -0.357 e. The minimum atomic E-state index is 0.788. The summed E-state index contributed by atoms with van der Waals surface area (Å²) < 4.78 is 2.48. The van der Waals surface area contributed by atoms with Crippen LogP contribution in [0.3, 0.4) is 0 Å². The molecule has 0 atom stereocenters. The van der Waals surface area contributed by atoms with Gasteiger partial charge in [-0.05, 0) is 36.5 Å². The molecule has 5 aromatic rings. The second-order valence-electron chi connectivity index (χ2n) is 11.3. The first-order valence-corrected chi connectivity index (χ1v) is 15.4. The highest BCUT2D eigenvalue weighted by Gasteiger charge is 2.22. The largest absolute Gasteiger partial charge is 0.357 e. The van der Waals surface area contributed by atoms with Gasteiger partial charge in [-0.25, -0.2) is 9.97 Å². The van der Waals surface area contributed by atoms with Gasteiger partial charge in [0.05, 0.1) is 11.4 Å². The van der Waals surface area contributed by atoms with Gasteiger partial charge >= 0.3 is 0 Å². The molecule has 1 aliphatic heterocycles. The zero-order chi connectivity index (χ0) is 28.6. The van der Waals surface area contributed by atoms with Crippen molar-refractivity contribution in [3.05, 3.63) is 126 Å². The van der Waals surface area contributed by atoms with Crippen LogP contribution in [0, 0.1) is 0 Å². The van der Waals surface area contributed by atoms with Crippen LogP contribution in [-0.2, 0) is 26.2 Å². The third kappa shape index (κ3) is 6.63. The van der Waals surface area contributed by atoms with Crippen molar-refractivity contribution in [1.82, 2.24) is 19.4 Å². The van der Waals surface area contributed by atoms with Crippen LogP contribution in [-0.4, -0.2) is 32.5 Å². The molecular weight excluding hydrogens is 514 g/mol. The highest BCUT2D eigenvalue weighted by Crippen LogP contribution is 2.32. The maximum Gasteiger partial charge on any atom is 0.140 e. The third-order valence-electron chi connectivity index (χ3n) is 8.15. The predicted octanol–water partition coefficient (Wildman–Crippen LogP) is 8.21. The van der Waals surface area contributed by atoms with Gasteiger partial charge in [-0.15, -0.1) is 0 Å². The molecule has 0 unspecified atom stereocenters. The van der Waals surface area contributed by atoms with Crippen LogP contribution in [0.1, 0.15) is 49.4 Å². The summed E-state index contributed by atoms with van der Waals surface area (Å²) in [4.78, 5) is 15.2. The van der Waals surface area contributed by atoms with E-state index in [0.717, 1.165) is 80.6 Å². The smallest absolute Gasteiger partial charge is 0.140 e. The lowest BCUT2D eigenvalue weighted by molar-refractivity contribution is 0.241. The van der Waals surface area contributed by atoms with Crippen LogP contribution in [0.15, 0.2) is 109 Å². The van der Waals surface area contributed by atoms with Gasteiger partial charge in [-0.1, -0.05) is 110 Å². The number of rotatable bonds is 12. The molecule has 42 heavy (non-hydrogen) atoms. The van der Waals surface area contributed by atoms with Crippen LogP contribution in [0.4, 0.5) is 5.82 Å². The summed E-state index contributed by atoms with van der Waals surface area (Å²) in [5, 5.41) is 0. The number of anilines is 1. The molecule has 3 heterocycles. The summed E-state index contributed by atoms with van der Waals surface area (Å²) in [5.41, 5.74) is 7.21. The van der Waals surface area contributed by atoms with Crippen molar-refractivity contribution in [3.8, 4) is 22.6 Å². The Kier molecular flexibility index (Phi) is 9.06. The maximum absolute atomic E-state index is 5.34. The third-order valence-corrected chi connectivity index (χ3v) is 8.15. The Morgan fingerprint density at radius 3 is 1.98 bits per heavy atom. The summed E-state index contributed by atoms with van der Waals surface area (Å²) >= 11 is 0. The van der Waals surface area contributed by atoms with Crippen LogP contribution >= 0.6 is 0 Å². The van der Waals surface area contributed by atoms with Crippen molar-refractivity contribution in [3.63, 3.8) is 0 Å². The Bertz CT molecular complexity index is 1520. The Labute approximate surface area is 250 Å². The van der Waals surface area contributed by atoms with E-state index in [9.17, 15) is 0 Å². The first-order valence-electron chi connectivity index (χ1n) is 15.4. The number of aromatic nitrogens is 3. The zero-order valence-corrected chi connectivity index (χ0v) is 24.7. The van der Waals surface area contributed by atoms with Crippen molar-refractivity contribution in [1.29, 1.82) is 0 Å². The van der Waals surface area contributed by atoms with Gasteiger partial charge in [0.15, 0.2) is 0 Å². The molecule has 2 aromatic heterocycles. The highest BCUT2D eigenvalue weighted by molar-refractivity contribution is 5.68. The summed E-state index contributed by atoms with van der Waals surface area (Å²) in [6, 6.07) is 36.6. The molecule has 1 saturated heterocycles. The number of unbranched alkanes of at least 4 members (excludes halogenated alkanes) is 1. The number of hydrogen-bond acceptors (Lipinski definition) is 4. The minimum absolute atomic E-state index is 0.788. The molecule has 0 aliphatic carbocycles. The van der Waals surface area contributed by atoms with Crippen LogP contribution in [0.5, 0.6) is 0 Å². The molecular formula is C37H41N5. The topological polar surface area (TPSA) is 37.2 Å². The molecule has 1 aliphatic rings. The molecule has 5 heteroatoms. The van der Waals surface area contributed by atoms with Gasteiger partial charge in [0.1, 0.15) is 11.6 Å². The SMILES string of the molecule is CCCCn1c(-c2ccccc2)nc(-c2ccccc2)c1CN(Cc1ccccc1)Cc1ccc(N2CCCC2)nc1. The van der Waals surface area contributed by atoms with Gasteiger partial charge in [0, 0.05) is 56.6 Å². The molecule has 0 bridgehead atoms. The fourth-order valence-electron chi connectivity index (χ4n) is 5.96. The van der Waals surface area contributed by atoms with E-state index in [1.807, 2.05) is 0 Å². The molecule has 214 valence electrons. The number of nitrogens with zero attached hydrogens (tertiary/aromatic N) is 5. The van der Waals surface area contributed by atoms with Gasteiger partial charge < -0.3 is 9.47 Å². The lowest BCUT2D eigenvalue weighted by Gasteiger charge is -2.25. The highest BCUT2D eigenvalue weighted by atomic mass is 15.2. The van der Waals surface area contributed by atoms with E-state index in [2.05, 4.69) is 131 Å². The molecule has 3 aromatic carbocycles. The van der Waals surface area contributed by atoms with E-state index in [1.54, 1.807) is 0 Å². The summed E-state index contributed by atoms with van der Waals surface area (Å²) in [5.74, 6) is 2.15. The fourth-order valence-corrected chi connectivity index (χ4v) is 5.96. The fraction of sp³-hybridized carbons (Fsp3) is 0.297. The Morgan fingerprint density at radius 2 is 1.33 bits per heavy atom. The molecule has 0 spiro atoms. The zero-order valence-electron chi connectivity index (χ0n) is 24.7. The Balaban J connectivity index is 1.39. The molecule has 6 rings (SSSR count). The second-order valence-corrected chi connectivity index (χ2v) is 11.3. The number of pyridine rings is 1. The second kappa shape index (κ2) is 13.6. The standard InChI is InChI=1S/C37H41N5/c1-2-3-25-42-34(36(32-17-9-5-10-18-32)39-37(42)33-19-11-6-12-20-33)29-40(27-30-15-7-4-8-16-30)28-31-21-22-35(38-26-31)41-23-13-14-24-41/h4-12,15-22,26H,2-3,13-14,23-25,27-29H2,1H3. The monoisotopic (exact) mass is 555 g/mol. The van der Waals surface area contributed by atoms with Crippen molar-refractivity contribution in [2.75, 3.05) is 18.0 Å². The molecule has 0 saturated carbocycles. The number of imidazole rings is 1. The number of hydrogen-bond donors (Lipinski definition) is 0. The van der Waals surface area contributed by atoms with Crippen LogP contribution in [0.2, 0.25) is 0 Å². The van der Waals surface area contributed by atoms with Gasteiger partial charge in [-0.2, -0.15) is 0 Å². The lowest BCUT2D eigenvalue weighted by atomic mass is 10.1. The van der Waals surface area contributed by atoms with Crippen molar-refractivity contribution in [2.45, 2.75) is 58.8 Å². The molecule has 5 nitrogen and oxygen atoms in total. The van der Waals surface area contributed by atoms with Gasteiger partial charge in [0.2, 0.25) is 0 Å². The van der Waals surface area contributed by atoms with Crippen molar-refractivity contribution < 1.29 is 0 Å². The summed E-state index contributed by atoms with van der Waals surface area (Å²) in [6.07, 6.45) is 6.84. The quantitative estimate of drug-likeness (QED) is 0.155. The normalized spacial score (nSPS) is 13.2. The molecule has 0 amide bonds. The lowest BCUT2D eigenvalue weighted by Crippen LogP contribution is -2.25.